The molecule has 0 aliphatic heterocycles. The highest BCUT2D eigenvalue weighted by Crippen LogP contribution is 2.26. The topological polar surface area (TPSA) is 29.5 Å². The molecule has 0 radical (unpaired) electrons. The predicted molar refractivity (Wildman–Crippen MR) is 68.1 cm³/mol. The van der Waals surface area contributed by atoms with Crippen molar-refractivity contribution in [1.82, 2.24) is 4.90 Å². The van der Waals surface area contributed by atoms with E-state index in [1.807, 2.05) is 13.8 Å². The van der Waals surface area contributed by atoms with Gasteiger partial charge in [0.1, 0.15) is 5.75 Å². The number of amides is 1. The maximum Gasteiger partial charge on any atom is 0.415 e. The van der Waals surface area contributed by atoms with Gasteiger partial charge in [-0.15, -0.1) is 0 Å². The molecule has 5 heteroatoms. The van der Waals surface area contributed by atoms with Crippen molar-refractivity contribution in [1.29, 1.82) is 0 Å². The van der Waals surface area contributed by atoms with Crippen LogP contribution in [0.25, 0.3) is 0 Å². The standard InChI is InChI=1S/C11H13BrClNO2/c1-3-14(4-2)11(15)16-8-5-6-9(12)10(13)7-8/h5-7H,3-4H2,1-2H3. The van der Waals surface area contributed by atoms with Crippen molar-refractivity contribution >= 4 is 33.6 Å². The monoisotopic (exact) mass is 305 g/mol. The van der Waals surface area contributed by atoms with Crippen LogP contribution in [0.5, 0.6) is 5.75 Å². The summed E-state index contributed by atoms with van der Waals surface area (Å²) in [7, 11) is 0. The van der Waals surface area contributed by atoms with Crippen LogP contribution in [0.1, 0.15) is 13.8 Å². The normalized spacial score (nSPS) is 10.0. The first kappa shape index (κ1) is 13.3. The van der Waals surface area contributed by atoms with E-state index in [0.29, 0.717) is 23.9 Å². The third-order valence-electron chi connectivity index (χ3n) is 2.12. The molecule has 1 aromatic rings. The Bertz CT molecular complexity index is 380. The van der Waals surface area contributed by atoms with Gasteiger partial charge in [-0.1, -0.05) is 11.6 Å². The van der Waals surface area contributed by atoms with E-state index >= 15 is 0 Å². The number of rotatable bonds is 3. The lowest BCUT2D eigenvalue weighted by molar-refractivity contribution is 0.157. The molecular weight excluding hydrogens is 293 g/mol. The summed E-state index contributed by atoms with van der Waals surface area (Å²) in [5.74, 6) is 0.449. The summed E-state index contributed by atoms with van der Waals surface area (Å²) in [4.78, 5) is 13.2. The van der Waals surface area contributed by atoms with Gasteiger partial charge in [-0.25, -0.2) is 4.79 Å². The molecule has 0 aliphatic carbocycles. The first-order valence-corrected chi connectivity index (χ1v) is 6.17. The van der Waals surface area contributed by atoms with Gasteiger partial charge >= 0.3 is 6.09 Å². The summed E-state index contributed by atoms with van der Waals surface area (Å²) in [6.07, 6.45) is -0.358. The quantitative estimate of drug-likeness (QED) is 0.846. The van der Waals surface area contributed by atoms with E-state index in [1.54, 1.807) is 23.1 Å². The van der Waals surface area contributed by atoms with Crippen molar-refractivity contribution in [3.05, 3.63) is 27.7 Å². The van der Waals surface area contributed by atoms with Crippen LogP contribution in [0.4, 0.5) is 4.79 Å². The minimum atomic E-state index is -0.358. The number of carbonyl (C=O) groups excluding carboxylic acids is 1. The van der Waals surface area contributed by atoms with Crippen molar-refractivity contribution in [2.24, 2.45) is 0 Å². The van der Waals surface area contributed by atoms with Crippen LogP contribution in [0.3, 0.4) is 0 Å². The zero-order chi connectivity index (χ0) is 12.1. The molecular formula is C11H13BrClNO2. The summed E-state index contributed by atoms with van der Waals surface area (Å²) < 4.78 is 5.95. The molecule has 1 aromatic carbocycles. The predicted octanol–water partition coefficient (Wildman–Crippen LogP) is 3.94. The van der Waals surface area contributed by atoms with Gasteiger partial charge in [0, 0.05) is 23.6 Å². The molecule has 0 bridgehead atoms. The number of halogens is 2. The lowest BCUT2D eigenvalue weighted by Gasteiger charge is -2.17. The van der Waals surface area contributed by atoms with E-state index in [-0.39, 0.29) is 6.09 Å². The molecule has 0 heterocycles. The SMILES string of the molecule is CCN(CC)C(=O)Oc1ccc(Br)c(Cl)c1. The van der Waals surface area contributed by atoms with Gasteiger partial charge < -0.3 is 9.64 Å². The molecule has 0 saturated carbocycles. The van der Waals surface area contributed by atoms with Crippen LogP contribution < -0.4 is 4.74 Å². The summed E-state index contributed by atoms with van der Waals surface area (Å²) in [6.45, 7) is 5.05. The van der Waals surface area contributed by atoms with E-state index in [4.69, 9.17) is 16.3 Å². The Balaban J connectivity index is 2.73. The summed E-state index contributed by atoms with van der Waals surface area (Å²) in [6, 6.07) is 5.04. The average molecular weight is 307 g/mol. The van der Waals surface area contributed by atoms with Crippen molar-refractivity contribution in [2.75, 3.05) is 13.1 Å². The Morgan fingerprint density at radius 1 is 1.44 bits per heavy atom. The highest BCUT2D eigenvalue weighted by atomic mass is 79.9. The molecule has 0 fully saturated rings. The summed E-state index contributed by atoms with van der Waals surface area (Å²) >= 11 is 9.16. The van der Waals surface area contributed by atoms with E-state index in [2.05, 4.69) is 15.9 Å². The molecule has 0 atom stereocenters. The minimum Gasteiger partial charge on any atom is -0.410 e. The van der Waals surface area contributed by atoms with Crippen LogP contribution in [0.2, 0.25) is 5.02 Å². The second-order valence-corrected chi connectivity index (χ2v) is 4.38. The molecule has 0 spiro atoms. The molecule has 0 saturated heterocycles. The smallest absolute Gasteiger partial charge is 0.410 e. The third-order valence-corrected chi connectivity index (χ3v) is 3.35. The van der Waals surface area contributed by atoms with Gasteiger partial charge in [0.15, 0.2) is 0 Å². The molecule has 0 aliphatic rings. The number of benzene rings is 1. The molecule has 1 rings (SSSR count). The fourth-order valence-corrected chi connectivity index (χ4v) is 1.60. The summed E-state index contributed by atoms with van der Waals surface area (Å²) in [5.41, 5.74) is 0. The third kappa shape index (κ3) is 3.39. The molecule has 3 nitrogen and oxygen atoms in total. The maximum absolute atomic E-state index is 11.6. The Morgan fingerprint density at radius 2 is 2.06 bits per heavy atom. The van der Waals surface area contributed by atoms with E-state index in [9.17, 15) is 4.79 Å². The van der Waals surface area contributed by atoms with E-state index in [1.165, 1.54) is 0 Å². The van der Waals surface area contributed by atoms with Crippen LogP contribution in [0, 0.1) is 0 Å². The number of ether oxygens (including phenoxy) is 1. The average Bonchev–Trinajstić information content (AvgIpc) is 2.25. The van der Waals surface area contributed by atoms with Gasteiger partial charge in [-0.2, -0.15) is 0 Å². The van der Waals surface area contributed by atoms with Crippen molar-refractivity contribution < 1.29 is 9.53 Å². The molecule has 16 heavy (non-hydrogen) atoms. The zero-order valence-corrected chi connectivity index (χ0v) is 11.5. The first-order chi connectivity index (χ1) is 7.58. The lowest BCUT2D eigenvalue weighted by Crippen LogP contribution is -2.33. The number of hydrogen-bond donors (Lipinski definition) is 0. The van der Waals surface area contributed by atoms with Gasteiger partial charge in [-0.3, -0.25) is 0 Å². The minimum absolute atomic E-state index is 0.358. The summed E-state index contributed by atoms with van der Waals surface area (Å²) in [5, 5.41) is 0.518. The van der Waals surface area contributed by atoms with Crippen LogP contribution in [-0.2, 0) is 0 Å². The van der Waals surface area contributed by atoms with Crippen LogP contribution in [0.15, 0.2) is 22.7 Å². The largest absolute Gasteiger partial charge is 0.415 e. The highest BCUT2D eigenvalue weighted by molar-refractivity contribution is 9.10. The second kappa shape index (κ2) is 6.11. The van der Waals surface area contributed by atoms with Gasteiger partial charge in [0.25, 0.3) is 0 Å². The van der Waals surface area contributed by atoms with Gasteiger partial charge in [-0.05, 0) is 41.9 Å². The van der Waals surface area contributed by atoms with Crippen LogP contribution in [-0.4, -0.2) is 24.1 Å². The molecule has 0 aromatic heterocycles. The van der Waals surface area contributed by atoms with Crippen LogP contribution >= 0.6 is 27.5 Å². The number of nitrogens with zero attached hydrogens (tertiary/aromatic N) is 1. The van der Waals surface area contributed by atoms with Gasteiger partial charge in [0.05, 0.1) is 5.02 Å². The maximum atomic E-state index is 11.6. The molecule has 0 unspecified atom stereocenters. The zero-order valence-electron chi connectivity index (χ0n) is 9.17. The lowest BCUT2D eigenvalue weighted by atomic mass is 10.3. The van der Waals surface area contributed by atoms with E-state index < -0.39 is 0 Å². The Kier molecular flexibility index (Phi) is 5.09. The first-order valence-electron chi connectivity index (χ1n) is 5.00. The Morgan fingerprint density at radius 3 is 2.56 bits per heavy atom. The van der Waals surface area contributed by atoms with Crippen molar-refractivity contribution in [2.45, 2.75) is 13.8 Å². The number of hydrogen-bond acceptors (Lipinski definition) is 2. The Labute approximate surface area is 108 Å². The van der Waals surface area contributed by atoms with Crippen molar-refractivity contribution in [3.63, 3.8) is 0 Å². The van der Waals surface area contributed by atoms with Crippen molar-refractivity contribution in [3.8, 4) is 5.75 Å². The van der Waals surface area contributed by atoms with E-state index in [0.717, 1.165) is 4.47 Å². The Hall–Kier alpha value is -0.740. The number of carbonyl (C=O) groups is 1. The molecule has 0 N–H and O–H groups in total. The molecule has 1 amide bonds. The fourth-order valence-electron chi connectivity index (χ4n) is 1.19. The highest BCUT2D eigenvalue weighted by Gasteiger charge is 2.12. The second-order valence-electron chi connectivity index (χ2n) is 3.12. The molecule has 88 valence electrons. The van der Waals surface area contributed by atoms with Gasteiger partial charge in [0.2, 0.25) is 0 Å². The fraction of sp³-hybridized carbons (Fsp3) is 0.364.